The summed E-state index contributed by atoms with van der Waals surface area (Å²) in [5.74, 6) is -2.48. The molecule has 2 aromatic rings. The third kappa shape index (κ3) is 3.72. The van der Waals surface area contributed by atoms with Gasteiger partial charge in [-0.15, -0.1) is 0 Å². The first-order valence-corrected chi connectivity index (χ1v) is 9.55. The molecule has 0 saturated heterocycles. The van der Waals surface area contributed by atoms with Gasteiger partial charge in [-0.05, 0) is 31.2 Å². The number of amides is 1. The minimum atomic E-state index is -1.15. The van der Waals surface area contributed by atoms with E-state index in [0.717, 1.165) is 30.5 Å². The number of nitrogens with two attached hydrogens (primary N) is 1. The summed E-state index contributed by atoms with van der Waals surface area (Å²) in [5, 5.41) is 8.98. The number of carbonyl (C=O) groups is 3. The van der Waals surface area contributed by atoms with Crippen molar-refractivity contribution in [3.05, 3.63) is 28.7 Å². The van der Waals surface area contributed by atoms with Crippen molar-refractivity contribution in [3.8, 4) is 5.88 Å². The summed E-state index contributed by atoms with van der Waals surface area (Å²) in [6, 6.07) is 0. The van der Waals surface area contributed by atoms with Crippen LogP contribution in [-0.2, 0) is 22.4 Å². The first kappa shape index (κ1) is 19.9. The summed E-state index contributed by atoms with van der Waals surface area (Å²) in [4.78, 5) is 39.7. The van der Waals surface area contributed by atoms with E-state index in [1.807, 2.05) is 11.3 Å². The molecule has 0 radical (unpaired) electrons. The number of carboxylic acids is 1. The Hall–Kier alpha value is -2.90. The maximum absolute atomic E-state index is 12.7. The molecular formula is C20H25N3O5. The molecule has 1 saturated carbocycles. The van der Waals surface area contributed by atoms with Crippen molar-refractivity contribution in [1.82, 2.24) is 9.38 Å². The SMILES string of the molecule is CCc1c(C(=O)C(N)=O)c2c(OCC(=O)O)nc(C)cn2c1CC1CCCC1. The van der Waals surface area contributed by atoms with Crippen LogP contribution in [-0.4, -0.2) is 38.8 Å². The lowest BCUT2D eigenvalue weighted by molar-refractivity contribution is -0.139. The topological polar surface area (TPSA) is 124 Å². The summed E-state index contributed by atoms with van der Waals surface area (Å²) in [5.41, 5.74) is 8.12. The number of aromatic nitrogens is 2. The Morgan fingerprint density at radius 1 is 1.32 bits per heavy atom. The Morgan fingerprint density at radius 2 is 2.00 bits per heavy atom. The highest BCUT2D eigenvalue weighted by Gasteiger charge is 2.30. The van der Waals surface area contributed by atoms with E-state index in [9.17, 15) is 14.4 Å². The predicted molar refractivity (Wildman–Crippen MR) is 102 cm³/mol. The van der Waals surface area contributed by atoms with Gasteiger partial charge in [-0.1, -0.05) is 32.6 Å². The monoisotopic (exact) mass is 387 g/mol. The van der Waals surface area contributed by atoms with Gasteiger partial charge < -0.3 is 20.0 Å². The number of fused-ring (bicyclic) bond motifs is 1. The Balaban J connectivity index is 2.26. The van der Waals surface area contributed by atoms with Crippen LogP contribution < -0.4 is 10.5 Å². The average Bonchev–Trinajstić information content (AvgIpc) is 3.25. The molecule has 0 spiro atoms. The van der Waals surface area contributed by atoms with Gasteiger partial charge in [0.15, 0.2) is 6.61 Å². The van der Waals surface area contributed by atoms with E-state index in [1.165, 1.54) is 12.8 Å². The number of primary amides is 1. The number of aliphatic carboxylic acids is 1. The lowest BCUT2D eigenvalue weighted by atomic mass is 9.96. The van der Waals surface area contributed by atoms with Crippen LogP contribution in [0.4, 0.5) is 0 Å². The second-order valence-electron chi connectivity index (χ2n) is 7.29. The Bertz CT molecular complexity index is 941. The lowest BCUT2D eigenvalue weighted by Gasteiger charge is -2.12. The molecule has 2 heterocycles. The van der Waals surface area contributed by atoms with Crippen LogP contribution in [0.15, 0.2) is 6.20 Å². The molecule has 3 N–H and O–H groups in total. The third-order valence-corrected chi connectivity index (χ3v) is 5.31. The number of Topliss-reactive ketones (excluding diaryl/α,β-unsaturated/α-hetero) is 1. The van der Waals surface area contributed by atoms with E-state index < -0.39 is 24.3 Å². The first-order chi connectivity index (χ1) is 13.3. The summed E-state index contributed by atoms with van der Waals surface area (Å²) < 4.78 is 7.22. The van der Waals surface area contributed by atoms with E-state index in [4.69, 9.17) is 15.6 Å². The van der Waals surface area contributed by atoms with Crippen molar-refractivity contribution < 1.29 is 24.2 Å². The maximum atomic E-state index is 12.7. The van der Waals surface area contributed by atoms with Crippen LogP contribution >= 0.6 is 0 Å². The molecule has 1 aliphatic rings. The fourth-order valence-corrected chi connectivity index (χ4v) is 4.16. The molecule has 8 nitrogen and oxygen atoms in total. The molecule has 0 aliphatic heterocycles. The van der Waals surface area contributed by atoms with E-state index in [0.29, 0.717) is 23.5 Å². The molecule has 28 heavy (non-hydrogen) atoms. The summed E-state index contributed by atoms with van der Waals surface area (Å²) in [7, 11) is 0. The fraction of sp³-hybridized carbons (Fsp3) is 0.500. The molecule has 0 bridgehead atoms. The van der Waals surface area contributed by atoms with Gasteiger partial charge in [0.2, 0.25) is 5.88 Å². The Labute approximate surface area is 162 Å². The molecule has 150 valence electrons. The number of hydrogen-bond donors (Lipinski definition) is 2. The van der Waals surface area contributed by atoms with E-state index >= 15 is 0 Å². The van der Waals surface area contributed by atoms with Gasteiger partial charge >= 0.3 is 5.97 Å². The minimum Gasteiger partial charge on any atom is -0.479 e. The highest BCUT2D eigenvalue weighted by Crippen LogP contribution is 2.35. The Morgan fingerprint density at radius 3 is 2.57 bits per heavy atom. The van der Waals surface area contributed by atoms with Crippen molar-refractivity contribution >= 4 is 23.2 Å². The van der Waals surface area contributed by atoms with Crippen LogP contribution in [0.5, 0.6) is 5.88 Å². The molecule has 0 aromatic carbocycles. The zero-order valence-corrected chi connectivity index (χ0v) is 16.2. The first-order valence-electron chi connectivity index (χ1n) is 9.55. The smallest absolute Gasteiger partial charge is 0.341 e. The molecule has 1 amide bonds. The second-order valence-corrected chi connectivity index (χ2v) is 7.29. The van der Waals surface area contributed by atoms with Crippen LogP contribution in [0.25, 0.3) is 5.52 Å². The minimum absolute atomic E-state index is 0.0272. The number of carbonyl (C=O) groups excluding carboxylic acids is 2. The number of ketones is 1. The Kier molecular flexibility index (Phi) is 5.67. The zero-order chi connectivity index (χ0) is 20.4. The van der Waals surface area contributed by atoms with Crippen molar-refractivity contribution in [2.24, 2.45) is 11.7 Å². The van der Waals surface area contributed by atoms with Crippen molar-refractivity contribution in [2.75, 3.05) is 6.61 Å². The normalized spacial score (nSPS) is 14.5. The maximum Gasteiger partial charge on any atom is 0.341 e. The molecule has 2 aromatic heterocycles. The summed E-state index contributed by atoms with van der Waals surface area (Å²) in [6.45, 7) is 3.09. The van der Waals surface area contributed by atoms with Crippen LogP contribution in [0.1, 0.15) is 59.9 Å². The van der Waals surface area contributed by atoms with Gasteiger partial charge in [0.05, 0.1) is 11.3 Å². The van der Waals surface area contributed by atoms with E-state index in [1.54, 1.807) is 13.1 Å². The molecule has 0 unspecified atom stereocenters. The van der Waals surface area contributed by atoms with Crippen LogP contribution in [0, 0.1) is 12.8 Å². The second kappa shape index (κ2) is 8.00. The average molecular weight is 387 g/mol. The van der Waals surface area contributed by atoms with Gasteiger partial charge in [0, 0.05) is 11.9 Å². The van der Waals surface area contributed by atoms with E-state index in [2.05, 4.69) is 4.98 Å². The molecule has 8 heteroatoms. The third-order valence-electron chi connectivity index (χ3n) is 5.31. The number of rotatable bonds is 8. The predicted octanol–water partition coefficient (Wildman–Crippen LogP) is 2.07. The molecule has 1 aliphatic carbocycles. The van der Waals surface area contributed by atoms with Crippen molar-refractivity contribution in [3.63, 3.8) is 0 Å². The number of aryl methyl sites for hydroxylation is 1. The van der Waals surface area contributed by atoms with Gasteiger partial charge in [-0.25, -0.2) is 9.78 Å². The number of carboxylic acid groups (broad SMARTS) is 1. The fourth-order valence-electron chi connectivity index (χ4n) is 4.16. The van der Waals surface area contributed by atoms with Gasteiger partial charge in [-0.2, -0.15) is 0 Å². The van der Waals surface area contributed by atoms with Crippen LogP contribution in [0.3, 0.4) is 0 Å². The summed E-state index contributed by atoms with van der Waals surface area (Å²) in [6.07, 6.45) is 7.74. The van der Waals surface area contributed by atoms with Gasteiger partial charge in [0.25, 0.3) is 11.7 Å². The van der Waals surface area contributed by atoms with Crippen LogP contribution in [0.2, 0.25) is 0 Å². The highest BCUT2D eigenvalue weighted by molar-refractivity contribution is 6.44. The molecule has 3 rings (SSSR count). The lowest BCUT2D eigenvalue weighted by Crippen LogP contribution is -2.24. The molecule has 0 atom stereocenters. The summed E-state index contributed by atoms with van der Waals surface area (Å²) >= 11 is 0. The van der Waals surface area contributed by atoms with E-state index in [-0.39, 0.29) is 11.4 Å². The quantitative estimate of drug-likeness (QED) is 0.528. The molecule has 1 fully saturated rings. The van der Waals surface area contributed by atoms with Gasteiger partial charge in [0.1, 0.15) is 5.52 Å². The highest BCUT2D eigenvalue weighted by atomic mass is 16.5. The number of hydrogen-bond acceptors (Lipinski definition) is 5. The standard InChI is InChI=1S/C20H25N3O5/c1-3-13-14(8-12-6-4-5-7-12)23-9-11(2)22-20(28-10-15(24)25)17(23)16(13)18(26)19(21)27/h9,12H,3-8,10H2,1-2H3,(H2,21,27)(H,24,25). The van der Waals surface area contributed by atoms with Crippen molar-refractivity contribution in [2.45, 2.75) is 52.4 Å². The number of nitrogens with zero attached hydrogens (tertiary/aromatic N) is 2. The van der Waals surface area contributed by atoms with Crippen molar-refractivity contribution in [1.29, 1.82) is 0 Å². The molecular weight excluding hydrogens is 362 g/mol. The van der Waals surface area contributed by atoms with Gasteiger partial charge in [-0.3, -0.25) is 9.59 Å². The largest absolute Gasteiger partial charge is 0.479 e. The number of ether oxygens (including phenoxy) is 1. The zero-order valence-electron chi connectivity index (χ0n) is 16.2.